The molecular formula is C49H34N2O. The van der Waals surface area contributed by atoms with Crippen LogP contribution in [0.4, 0.5) is 11.4 Å². The molecule has 0 atom stereocenters. The number of hydrogen-bond acceptors (Lipinski definition) is 2. The molecule has 0 unspecified atom stereocenters. The molecular weight excluding hydrogens is 633 g/mol. The summed E-state index contributed by atoms with van der Waals surface area (Å²) in [6, 6.07) is 60.5. The fourth-order valence-electron chi connectivity index (χ4n) is 8.68. The van der Waals surface area contributed by atoms with Gasteiger partial charge in [0.25, 0.3) is 0 Å². The second-order valence-corrected chi connectivity index (χ2v) is 13.4. The highest BCUT2D eigenvalue weighted by Crippen LogP contribution is 2.62. The van der Waals surface area contributed by atoms with E-state index in [0.29, 0.717) is 0 Å². The maximum absolute atomic E-state index is 6.68. The molecule has 10 rings (SSSR count). The van der Waals surface area contributed by atoms with E-state index >= 15 is 0 Å². The predicted octanol–water partition coefficient (Wildman–Crippen LogP) is 12.7. The van der Waals surface area contributed by atoms with Gasteiger partial charge in [0.05, 0.1) is 27.8 Å². The van der Waals surface area contributed by atoms with E-state index in [1.54, 1.807) is 0 Å². The number of aromatic nitrogens is 1. The van der Waals surface area contributed by atoms with E-state index in [2.05, 4.69) is 180 Å². The summed E-state index contributed by atoms with van der Waals surface area (Å²) >= 11 is 0. The third-order valence-electron chi connectivity index (χ3n) is 10.8. The first kappa shape index (κ1) is 30.0. The van der Waals surface area contributed by atoms with Crippen molar-refractivity contribution in [3.8, 4) is 28.3 Å². The predicted molar refractivity (Wildman–Crippen MR) is 215 cm³/mol. The lowest BCUT2D eigenvalue weighted by atomic mass is 9.60. The smallest absolute Gasteiger partial charge is 0.132 e. The van der Waals surface area contributed by atoms with Gasteiger partial charge >= 0.3 is 0 Å². The van der Waals surface area contributed by atoms with Gasteiger partial charge in [0.2, 0.25) is 0 Å². The van der Waals surface area contributed by atoms with Crippen LogP contribution in [-0.2, 0) is 5.41 Å². The van der Waals surface area contributed by atoms with Crippen LogP contribution in [-0.4, -0.2) is 4.57 Å². The Hall–Kier alpha value is -6.84. The van der Waals surface area contributed by atoms with E-state index in [1.165, 1.54) is 21.9 Å². The third-order valence-corrected chi connectivity index (χ3v) is 10.8. The normalized spacial score (nSPS) is 14.1. The number of anilines is 2. The standard InChI is InChI=1S/C49H34N2O/c1-3-39-43(4-2)50(36-29-27-34(28-30-36)33-17-7-5-8-18-33)46-31-38-37-21-11-14-24-44(37)51(35-19-9-6-10-20-35)45(38)32-42(46)49(39)40-22-12-15-25-47(40)52-48-26-16-13-23-41(48)49/h3-32H,1-2H2. The fourth-order valence-corrected chi connectivity index (χ4v) is 8.68. The van der Waals surface area contributed by atoms with Crippen molar-refractivity contribution in [3.63, 3.8) is 0 Å². The summed E-state index contributed by atoms with van der Waals surface area (Å²) in [7, 11) is 0. The summed E-state index contributed by atoms with van der Waals surface area (Å²) in [4.78, 5) is 2.37. The number of allylic oxidation sites excluding steroid dienone is 3. The zero-order valence-electron chi connectivity index (χ0n) is 28.5. The van der Waals surface area contributed by atoms with Gasteiger partial charge in [0.1, 0.15) is 11.5 Å². The van der Waals surface area contributed by atoms with Gasteiger partial charge in [-0.05, 0) is 82.9 Å². The van der Waals surface area contributed by atoms with Crippen molar-refractivity contribution in [1.29, 1.82) is 0 Å². The highest BCUT2D eigenvalue weighted by molar-refractivity contribution is 6.11. The molecule has 2 aliphatic heterocycles. The average molecular weight is 667 g/mol. The van der Waals surface area contributed by atoms with Crippen LogP contribution in [0.3, 0.4) is 0 Å². The first-order valence-electron chi connectivity index (χ1n) is 17.7. The number of ether oxygens (including phenoxy) is 1. The molecule has 0 aliphatic carbocycles. The summed E-state index contributed by atoms with van der Waals surface area (Å²) in [5, 5.41) is 2.38. The Morgan fingerprint density at radius 2 is 1.08 bits per heavy atom. The molecule has 1 spiro atoms. The molecule has 2 aliphatic rings. The van der Waals surface area contributed by atoms with Crippen molar-refractivity contribution >= 4 is 33.2 Å². The van der Waals surface area contributed by atoms with Gasteiger partial charge in [-0.25, -0.2) is 0 Å². The van der Waals surface area contributed by atoms with Crippen LogP contribution in [0.15, 0.2) is 206 Å². The van der Waals surface area contributed by atoms with Crippen molar-refractivity contribution in [2.24, 2.45) is 0 Å². The van der Waals surface area contributed by atoms with Crippen LogP contribution < -0.4 is 9.64 Å². The van der Waals surface area contributed by atoms with Crippen molar-refractivity contribution in [2.75, 3.05) is 4.90 Å². The lowest BCUT2D eigenvalue weighted by molar-refractivity contribution is 0.433. The monoisotopic (exact) mass is 666 g/mol. The summed E-state index contributed by atoms with van der Waals surface area (Å²) < 4.78 is 9.07. The zero-order chi connectivity index (χ0) is 34.8. The molecule has 246 valence electrons. The Labute approximate surface area is 303 Å². The van der Waals surface area contributed by atoms with E-state index < -0.39 is 5.41 Å². The van der Waals surface area contributed by atoms with Crippen LogP contribution in [0.5, 0.6) is 11.5 Å². The Kier molecular flexibility index (Phi) is 6.71. The molecule has 3 heterocycles. The molecule has 7 aromatic carbocycles. The molecule has 52 heavy (non-hydrogen) atoms. The van der Waals surface area contributed by atoms with E-state index in [-0.39, 0.29) is 0 Å². The minimum atomic E-state index is -0.751. The molecule has 0 radical (unpaired) electrons. The first-order valence-corrected chi connectivity index (χ1v) is 17.7. The first-order chi connectivity index (χ1) is 25.7. The van der Waals surface area contributed by atoms with Gasteiger partial charge in [-0.15, -0.1) is 0 Å². The zero-order valence-corrected chi connectivity index (χ0v) is 28.5. The number of hydrogen-bond donors (Lipinski definition) is 0. The molecule has 3 heteroatoms. The van der Waals surface area contributed by atoms with Gasteiger partial charge in [-0.3, -0.25) is 0 Å². The minimum Gasteiger partial charge on any atom is -0.457 e. The maximum Gasteiger partial charge on any atom is 0.132 e. The summed E-state index contributed by atoms with van der Waals surface area (Å²) in [5.74, 6) is 1.67. The number of nitrogens with zero attached hydrogens (tertiary/aromatic N) is 2. The van der Waals surface area contributed by atoms with Gasteiger partial charge in [-0.2, -0.15) is 0 Å². The topological polar surface area (TPSA) is 17.4 Å². The Balaban J connectivity index is 1.37. The van der Waals surface area contributed by atoms with Crippen LogP contribution in [0.25, 0.3) is 38.6 Å². The number of fused-ring (bicyclic) bond motifs is 9. The van der Waals surface area contributed by atoms with Crippen molar-refractivity contribution in [2.45, 2.75) is 5.41 Å². The van der Waals surface area contributed by atoms with Crippen LogP contribution in [0.2, 0.25) is 0 Å². The fraction of sp³-hybridized carbons (Fsp3) is 0.0204. The highest BCUT2D eigenvalue weighted by Gasteiger charge is 2.51. The summed E-state index contributed by atoms with van der Waals surface area (Å²) in [6.07, 6.45) is 4.02. The van der Waals surface area contributed by atoms with E-state index in [4.69, 9.17) is 4.74 Å². The molecule has 0 saturated carbocycles. The van der Waals surface area contributed by atoms with Crippen LogP contribution >= 0.6 is 0 Å². The third kappa shape index (κ3) is 4.14. The second-order valence-electron chi connectivity index (χ2n) is 13.4. The quantitative estimate of drug-likeness (QED) is 0.182. The van der Waals surface area contributed by atoms with Crippen molar-refractivity contribution in [3.05, 3.63) is 223 Å². The lowest BCUT2D eigenvalue weighted by Gasteiger charge is -2.49. The Morgan fingerprint density at radius 1 is 0.481 bits per heavy atom. The molecule has 0 amide bonds. The van der Waals surface area contributed by atoms with E-state index in [0.717, 1.165) is 67.6 Å². The largest absolute Gasteiger partial charge is 0.457 e. The minimum absolute atomic E-state index is 0.751. The number of rotatable bonds is 5. The van der Waals surface area contributed by atoms with Gasteiger partial charge < -0.3 is 14.2 Å². The van der Waals surface area contributed by atoms with Crippen molar-refractivity contribution in [1.82, 2.24) is 4.57 Å². The molecule has 0 bridgehead atoms. The summed E-state index contributed by atoms with van der Waals surface area (Å²) in [6.45, 7) is 8.98. The lowest BCUT2D eigenvalue weighted by Crippen LogP contribution is -2.41. The van der Waals surface area contributed by atoms with Crippen LogP contribution in [0, 0.1) is 0 Å². The molecule has 8 aromatic rings. The number of benzene rings is 7. The summed E-state index contributed by atoms with van der Waals surface area (Å²) in [5.41, 5.74) is 12.5. The van der Waals surface area contributed by atoms with Gasteiger partial charge in [0, 0.05) is 33.3 Å². The Bertz CT molecular complexity index is 2690. The van der Waals surface area contributed by atoms with Crippen molar-refractivity contribution < 1.29 is 4.74 Å². The van der Waals surface area contributed by atoms with Gasteiger partial charge in [-0.1, -0.05) is 134 Å². The molecule has 1 aromatic heterocycles. The Morgan fingerprint density at radius 3 is 1.75 bits per heavy atom. The SMILES string of the molecule is C=CC1=C(C=C)C2(c3ccccc3Oc3ccccc32)c2cc3c(cc2N1c1ccc(-c2ccccc2)cc1)c1ccccc1n3-c1ccccc1. The highest BCUT2D eigenvalue weighted by atomic mass is 16.5. The van der Waals surface area contributed by atoms with Gasteiger partial charge in [0.15, 0.2) is 0 Å². The van der Waals surface area contributed by atoms with E-state index in [9.17, 15) is 0 Å². The molecule has 0 fully saturated rings. The molecule has 0 saturated heterocycles. The second kappa shape index (κ2) is 11.6. The molecule has 3 nitrogen and oxygen atoms in total. The number of para-hydroxylation sites is 4. The maximum atomic E-state index is 6.68. The van der Waals surface area contributed by atoms with E-state index in [1.807, 2.05) is 24.3 Å². The van der Waals surface area contributed by atoms with Crippen LogP contribution in [0.1, 0.15) is 16.7 Å². The average Bonchev–Trinajstić information content (AvgIpc) is 3.54. The molecule has 0 N–H and O–H groups in total.